The minimum Gasteiger partial charge on any atom is -0.305 e. The number of hydrogen-bond donors (Lipinski definition) is 1. The van der Waals surface area contributed by atoms with Gasteiger partial charge in [0.2, 0.25) is 0 Å². The predicted molar refractivity (Wildman–Crippen MR) is 91.8 cm³/mol. The summed E-state index contributed by atoms with van der Waals surface area (Å²) in [5.74, 6) is 0. The number of benzene rings is 1. The molecule has 0 radical (unpaired) electrons. The Morgan fingerprint density at radius 3 is 2.71 bits per heavy atom. The maximum Gasteiger partial charge on any atom is 0.0774 e. The van der Waals surface area contributed by atoms with Gasteiger partial charge in [0.05, 0.1) is 22.4 Å². The summed E-state index contributed by atoms with van der Waals surface area (Å²) in [5.41, 5.74) is 2.23. The highest BCUT2D eigenvalue weighted by atomic mass is 79.9. The first kappa shape index (κ1) is 16.5. The van der Waals surface area contributed by atoms with Gasteiger partial charge in [-0.3, -0.25) is 4.68 Å². The molecule has 1 aromatic heterocycles. The van der Waals surface area contributed by atoms with Crippen LogP contribution in [-0.2, 0) is 6.54 Å². The average Bonchev–Trinajstić information content (AvgIpc) is 2.83. The Balaban J connectivity index is 2.45. The maximum absolute atomic E-state index is 6.41. The van der Waals surface area contributed by atoms with Crippen LogP contribution in [0.4, 0.5) is 0 Å². The monoisotopic (exact) mass is 369 g/mol. The van der Waals surface area contributed by atoms with Gasteiger partial charge in [-0.25, -0.2) is 0 Å². The molecular formula is C16H21BrClN3. The summed E-state index contributed by atoms with van der Waals surface area (Å²) in [6.07, 6.45) is 3.98. The zero-order valence-corrected chi connectivity index (χ0v) is 14.8. The van der Waals surface area contributed by atoms with E-state index < -0.39 is 0 Å². The van der Waals surface area contributed by atoms with Crippen LogP contribution in [0.15, 0.2) is 34.9 Å². The first-order chi connectivity index (χ1) is 10.2. The predicted octanol–water partition coefficient (Wildman–Crippen LogP) is 4.80. The minimum absolute atomic E-state index is 0.0436. The molecule has 0 amide bonds. The quantitative estimate of drug-likeness (QED) is 0.759. The molecule has 2 rings (SSSR count). The lowest BCUT2D eigenvalue weighted by Crippen LogP contribution is -2.26. The SMILES string of the molecule is CCCNC(c1ccccc1Cl)c1c(Br)cnn1CCC. The number of aromatic nitrogens is 2. The molecule has 0 aliphatic heterocycles. The Labute approximate surface area is 139 Å². The third-order valence-corrected chi connectivity index (χ3v) is 4.31. The Bertz CT molecular complexity index is 583. The van der Waals surface area contributed by atoms with Crippen LogP contribution in [-0.4, -0.2) is 16.3 Å². The summed E-state index contributed by atoms with van der Waals surface area (Å²) in [7, 11) is 0. The lowest BCUT2D eigenvalue weighted by molar-refractivity contribution is 0.510. The van der Waals surface area contributed by atoms with Crippen molar-refractivity contribution in [2.24, 2.45) is 0 Å². The van der Waals surface area contributed by atoms with Crippen molar-refractivity contribution in [3.05, 3.63) is 51.2 Å². The van der Waals surface area contributed by atoms with E-state index in [4.69, 9.17) is 11.6 Å². The van der Waals surface area contributed by atoms with Gasteiger partial charge in [0.25, 0.3) is 0 Å². The number of aryl methyl sites for hydroxylation is 1. The van der Waals surface area contributed by atoms with Crippen LogP contribution >= 0.6 is 27.5 Å². The molecule has 0 saturated heterocycles. The summed E-state index contributed by atoms with van der Waals surface area (Å²) in [4.78, 5) is 0. The molecule has 0 bridgehead atoms. The van der Waals surface area contributed by atoms with E-state index >= 15 is 0 Å². The standard InChI is InChI=1S/C16H21BrClN3/c1-3-9-19-15(12-7-5-6-8-14(12)18)16-13(17)11-20-21(16)10-4-2/h5-8,11,15,19H,3-4,9-10H2,1-2H3. The van der Waals surface area contributed by atoms with Gasteiger partial charge in [-0.1, -0.05) is 43.6 Å². The molecule has 21 heavy (non-hydrogen) atoms. The first-order valence-electron chi connectivity index (χ1n) is 7.38. The van der Waals surface area contributed by atoms with E-state index in [2.05, 4.69) is 50.9 Å². The molecule has 5 heteroatoms. The van der Waals surface area contributed by atoms with E-state index in [1.54, 1.807) is 0 Å². The summed E-state index contributed by atoms with van der Waals surface area (Å²) >= 11 is 10.0. The summed E-state index contributed by atoms with van der Waals surface area (Å²) < 4.78 is 3.07. The Morgan fingerprint density at radius 2 is 2.05 bits per heavy atom. The van der Waals surface area contributed by atoms with Gasteiger partial charge in [-0.05, 0) is 46.9 Å². The molecule has 0 fully saturated rings. The van der Waals surface area contributed by atoms with Crippen LogP contribution in [0.1, 0.15) is 44.0 Å². The second-order valence-electron chi connectivity index (χ2n) is 5.01. The molecule has 1 N–H and O–H groups in total. The molecule has 1 unspecified atom stereocenters. The van der Waals surface area contributed by atoms with Crippen LogP contribution < -0.4 is 5.32 Å². The number of hydrogen-bond acceptors (Lipinski definition) is 2. The van der Waals surface area contributed by atoms with Crippen LogP contribution in [0.5, 0.6) is 0 Å². The molecule has 0 aliphatic carbocycles. The lowest BCUT2D eigenvalue weighted by atomic mass is 10.0. The molecule has 114 valence electrons. The van der Waals surface area contributed by atoms with Crippen molar-refractivity contribution in [1.29, 1.82) is 0 Å². The third kappa shape index (κ3) is 3.87. The Hall–Kier alpha value is -0.840. The highest BCUT2D eigenvalue weighted by Gasteiger charge is 2.22. The van der Waals surface area contributed by atoms with E-state index in [-0.39, 0.29) is 6.04 Å². The van der Waals surface area contributed by atoms with Gasteiger partial charge >= 0.3 is 0 Å². The van der Waals surface area contributed by atoms with Crippen molar-refractivity contribution < 1.29 is 0 Å². The van der Waals surface area contributed by atoms with Crippen LogP contribution in [0, 0.1) is 0 Å². The topological polar surface area (TPSA) is 29.9 Å². The lowest BCUT2D eigenvalue weighted by Gasteiger charge is -2.22. The Kier molecular flexibility index (Phi) is 6.27. The molecule has 0 spiro atoms. The van der Waals surface area contributed by atoms with Gasteiger partial charge < -0.3 is 5.32 Å². The minimum atomic E-state index is 0.0436. The average molecular weight is 371 g/mol. The van der Waals surface area contributed by atoms with E-state index in [9.17, 15) is 0 Å². The van der Waals surface area contributed by atoms with Crippen LogP contribution in [0.25, 0.3) is 0 Å². The second-order valence-corrected chi connectivity index (χ2v) is 6.27. The number of rotatable bonds is 7. The number of nitrogens with zero attached hydrogens (tertiary/aromatic N) is 2. The van der Waals surface area contributed by atoms with E-state index in [0.717, 1.165) is 46.7 Å². The van der Waals surface area contributed by atoms with Crippen molar-refractivity contribution in [1.82, 2.24) is 15.1 Å². The molecule has 1 aromatic carbocycles. The molecule has 0 saturated carbocycles. The zero-order chi connectivity index (χ0) is 15.2. The fourth-order valence-electron chi connectivity index (χ4n) is 2.40. The largest absolute Gasteiger partial charge is 0.305 e. The van der Waals surface area contributed by atoms with Gasteiger partial charge in [0, 0.05) is 11.6 Å². The van der Waals surface area contributed by atoms with Gasteiger partial charge in [-0.2, -0.15) is 5.10 Å². The van der Waals surface area contributed by atoms with Crippen molar-refractivity contribution >= 4 is 27.5 Å². The third-order valence-electron chi connectivity index (χ3n) is 3.36. The fraction of sp³-hybridized carbons (Fsp3) is 0.438. The van der Waals surface area contributed by atoms with E-state index in [0.29, 0.717) is 0 Å². The molecule has 1 heterocycles. The molecular weight excluding hydrogens is 350 g/mol. The van der Waals surface area contributed by atoms with Crippen molar-refractivity contribution in [3.63, 3.8) is 0 Å². The molecule has 2 aromatic rings. The Morgan fingerprint density at radius 1 is 1.29 bits per heavy atom. The van der Waals surface area contributed by atoms with E-state index in [1.807, 2.05) is 24.4 Å². The molecule has 1 atom stereocenters. The highest BCUT2D eigenvalue weighted by molar-refractivity contribution is 9.10. The van der Waals surface area contributed by atoms with Crippen molar-refractivity contribution in [3.8, 4) is 0 Å². The summed E-state index contributed by atoms with van der Waals surface area (Å²) in [6, 6.07) is 8.04. The number of halogens is 2. The number of nitrogens with one attached hydrogen (secondary N) is 1. The second kappa shape index (κ2) is 7.97. The smallest absolute Gasteiger partial charge is 0.0774 e. The van der Waals surface area contributed by atoms with Crippen LogP contribution in [0.3, 0.4) is 0 Å². The van der Waals surface area contributed by atoms with Crippen molar-refractivity contribution in [2.45, 2.75) is 39.3 Å². The van der Waals surface area contributed by atoms with Gasteiger partial charge in [0.1, 0.15) is 0 Å². The maximum atomic E-state index is 6.41. The molecule has 3 nitrogen and oxygen atoms in total. The fourth-order valence-corrected chi connectivity index (χ4v) is 3.17. The first-order valence-corrected chi connectivity index (χ1v) is 8.55. The zero-order valence-electron chi connectivity index (χ0n) is 12.4. The normalized spacial score (nSPS) is 12.6. The summed E-state index contributed by atoms with van der Waals surface area (Å²) in [5, 5.41) is 8.85. The van der Waals surface area contributed by atoms with Crippen LogP contribution in [0.2, 0.25) is 5.02 Å². The van der Waals surface area contributed by atoms with Gasteiger partial charge in [-0.15, -0.1) is 0 Å². The van der Waals surface area contributed by atoms with Crippen molar-refractivity contribution in [2.75, 3.05) is 6.54 Å². The summed E-state index contributed by atoms with van der Waals surface area (Å²) in [6.45, 7) is 6.15. The van der Waals surface area contributed by atoms with E-state index in [1.165, 1.54) is 0 Å². The van der Waals surface area contributed by atoms with Gasteiger partial charge in [0.15, 0.2) is 0 Å². The molecule has 0 aliphatic rings. The highest BCUT2D eigenvalue weighted by Crippen LogP contribution is 2.32.